The normalized spacial score (nSPS) is 15.5. The van der Waals surface area contributed by atoms with Crippen LogP contribution in [0.25, 0.3) is 0 Å². The minimum absolute atomic E-state index is 0.990. The van der Waals surface area contributed by atoms with Crippen LogP contribution in [0.5, 0.6) is 0 Å². The minimum Gasteiger partial charge on any atom is -0.300 e. The summed E-state index contributed by atoms with van der Waals surface area (Å²) in [6.07, 6.45) is 1.16. The van der Waals surface area contributed by atoms with Gasteiger partial charge >= 0.3 is 0 Å². The standard InChI is InChI=1S/C10H17N3.C2H6/c1-4-13-10-7-12(3)6-5-9(10)8(2)11-13;1-2/h4-7H2,1-3H3;1-2H3. The zero-order valence-electron chi connectivity index (χ0n) is 10.7. The highest BCUT2D eigenvalue weighted by Gasteiger charge is 2.20. The van der Waals surface area contributed by atoms with E-state index in [9.17, 15) is 0 Å². The van der Waals surface area contributed by atoms with Crippen LogP contribution in [0, 0.1) is 6.92 Å². The van der Waals surface area contributed by atoms with E-state index in [2.05, 4.69) is 35.6 Å². The van der Waals surface area contributed by atoms with Crippen molar-refractivity contribution in [1.29, 1.82) is 0 Å². The molecule has 1 aromatic rings. The van der Waals surface area contributed by atoms with E-state index in [1.807, 2.05) is 13.8 Å². The quantitative estimate of drug-likeness (QED) is 0.707. The molecule has 0 spiro atoms. The third-order valence-electron chi connectivity index (χ3n) is 2.83. The molecule has 0 atom stereocenters. The number of fused-ring (bicyclic) bond motifs is 1. The largest absolute Gasteiger partial charge is 0.300 e. The number of nitrogens with zero attached hydrogens (tertiary/aromatic N) is 3. The average molecular weight is 209 g/mol. The molecule has 15 heavy (non-hydrogen) atoms. The van der Waals surface area contributed by atoms with Crippen LogP contribution < -0.4 is 0 Å². The summed E-state index contributed by atoms with van der Waals surface area (Å²) in [7, 11) is 2.17. The number of aryl methyl sites for hydroxylation is 2. The molecule has 0 N–H and O–H groups in total. The summed E-state index contributed by atoms with van der Waals surface area (Å²) in [4.78, 5) is 2.36. The topological polar surface area (TPSA) is 21.1 Å². The van der Waals surface area contributed by atoms with Crippen molar-refractivity contribution in [2.24, 2.45) is 0 Å². The van der Waals surface area contributed by atoms with Gasteiger partial charge in [0.15, 0.2) is 0 Å². The molecule has 3 nitrogen and oxygen atoms in total. The molecule has 0 saturated carbocycles. The van der Waals surface area contributed by atoms with Crippen molar-refractivity contribution in [3.63, 3.8) is 0 Å². The lowest BCUT2D eigenvalue weighted by Crippen LogP contribution is -2.27. The van der Waals surface area contributed by atoms with Gasteiger partial charge in [0, 0.05) is 19.6 Å². The molecule has 1 aromatic heterocycles. The average Bonchev–Trinajstić information content (AvgIpc) is 2.58. The van der Waals surface area contributed by atoms with E-state index in [-0.39, 0.29) is 0 Å². The van der Waals surface area contributed by atoms with Crippen molar-refractivity contribution >= 4 is 0 Å². The highest BCUT2D eigenvalue weighted by atomic mass is 15.3. The van der Waals surface area contributed by atoms with Crippen molar-refractivity contribution in [1.82, 2.24) is 14.7 Å². The third-order valence-corrected chi connectivity index (χ3v) is 2.83. The fraction of sp³-hybridized carbons (Fsp3) is 0.750. The molecule has 0 bridgehead atoms. The SMILES string of the molecule is CC.CCn1nc(C)c2c1CN(C)CC2. The molecule has 2 heterocycles. The van der Waals surface area contributed by atoms with Gasteiger partial charge in [-0.2, -0.15) is 5.10 Å². The zero-order valence-corrected chi connectivity index (χ0v) is 10.7. The molecule has 0 saturated heterocycles. The molecule has 0 amide bonds. The van der Waals surface area contributed by atoms with Gasteiger partial charge in [-0.15, -0.1) is 0 Å². The van der Waals surface area contributed by atoms with Crippen LogP contribution in [0.15, 0.2) is 0 Å². The molecule has 1 aliphatic heterocycles. The highest BCUT2D eigenvalue weighted by molar-refractivity contribution is 5.27. The van der Waals surface area contributed by atoms with E-state index in [1.54, 1.807) is 0 Å². The second-order valence-electron chi connectivity index (χ2n) is 3.81. The van der Waals surface area contributed by atoms with Gasteiger partial charge in [0.05, 0.1) is 11.4 Å². The van der Waals surface area contributed by atoms with Crippen LogP contribution in [0.3, 0.4) is 0 Å². The number of rotatable bonds is 1. The minimum atomic E-state index is 0.990. The van der Waals surface area contributed by atoms with Crippen LogP contribution in [0.4, 0.5) is 0 Å². The predicted octanol–water partition coefficient (Wildman–Crippen LogP) is 2.23. The van der Waals surface area contributed by atoms with E-state index in [0.29, 0.717) is 0 Å². The summed E-state index contributed by atoms with van der Waals surface area (Å²) in [5.41, 5.74) is 4.14. The zero-order chi connectivity index (χ0) is 11.4. The fourth-order valence-electron chi connectivity index (χ4n) is 2.07. The van der Waals surface area contributed by atoms with Gasteiger partial charge in [-0.25, -0.2) is 0 Å². The van der Waals surface area contributed by atoms with Gasteiger partial charge in [-0.3, -0.25) is 4.68 Å². The lowest BCUT2D eigenvalue weighted by Gasteiger charge is -2.23. The molecular formula is C12H23N3. The lowest BCUT2D eigenvalue weighted by molar-refractivity contribution is 0.300. The Morgan fingerprint density at radius 2 is 2.00 bits per heavy atom. The van der Waals surface area contributed by atoms with Gasteiger partial charge < -0.3 is 4.90 Å². The highest BCUT2D eigenvalue weighted by Crippen LogP contribution is 2.20. The predicted molar refractivity (Wildman–Crippen MR) is 64.0 cm³/mol. The van der Waals surface area contributed by atoms with E-state index in [0.717, 1.165) is 19.5 Å². The first kappa shape index (κ1) is 12.2. The molecule has 2 rings (SSSR count). The van der Waals surface area contributed by atoms with Crippen LogP contribution in [-0.2, 0) is 19.5 Å². The lowest BCUT2D eigenvalue weighted by atomic mass is 10.1. The van der Waals surface area contributed by atoms with E-state index < -0.39 is 0 Å². The van der Waals surface area contributed by atoms with Crippen molar-refractivity contribution in [2.75, 3.05) is 13.6 Å². The fourth-order valence-corrected chi connectivity index (χ4v) is 2.07. The first-order valence-electron chi connectivity index (χ1n) is 5.96. The van der Waals surface area contributed by atoms with E-state index in [4.69, 9.17) is 0 Å². The van der Waals surface area contributed by atoms with Crippen molar-refractivity contribution in [2.45, 2.75) is 47.2 Å². The van der Waals surface area contributed by atoms with Gasteiger partial charge in [-0.1, -0.05) is 13.8 Å². The van der Waals surface area contributed by atoms with Crippen LogP contribution in [0.1, 0.15) is 37.7 Å². The summed E-state index contributed by atoms with van der Waals surface area (Å²) >= 11 is 0. The summed E-state index contributed by atoms with van der Waals surface area (Å²) in [5.74, 6) is 0. The number of hydrogen-bond acceptors (Lipinski definition) is 2. The molecule has 1 aliphatic rings. The third kappa shape index (κ3) is 2.40. The maximum absolute atomic E-state index is 4.54. The van der Waals surface area contributed by atoms with Gasteiger partial charge in [0.2, 0.25) is 0 Å². The summed E-state index contributed by atoms with van der Waals surface area (Å²) in [6, 6.07) is 0. The van der Waals surface area contributed by atoms with E-state index >= 15 is 0 Å². The van der Waals surface area contributed by atoms with Crippen molar-refractivity contribution in [3.8, 4) is 0 Å². The second kappa shape index (κ2) is 5.31. The Morgan fingerprint density at radius 1 is 1.33 bits per heavy atom. The van der Waals surface area contributed by atoms with Gasteiger partial charge in [-0.05, 0) is 32.9 Å². The molecular weight excluding hydrogens is 186 g/mol. The van der Waals surface area contributed by atoms with Gasteiger partial charge in [0.1, 0.15) is 0 Å². The Balaban J connectivity index is 0.000000531. The molecule has 0 aliphatic carbocycles. The summed E-state index contributed by atoms with van der Waals surface area (Å²) < 4.78 is 2.14. The second-order valence-corrected chi connectivity index (χ2v) is 3.81. The monoisotopic (exact) mass is 209 g/mol. The van der Waals surface area contributed by atoms with Crippen LogP contribution in [0.2, 0.25) is 0 Å². The number of hydrogen-bond donors (Lipinski definition) is 0. The summed E-state index contributed by atoms with van der Waals surface area (Å²) in [6.45, 7) is 11.5. The molecule has 0 radical (unpaired) electrons. The maximum Gasteiger partial charge on any atom is 0.0629 e. The Hall–Kier alpha value is -0.830. The van der Waals surface area contributed by atoms with Gasteiger partial charge in [0.25, 0.3) is 0 Å². The maximum atomic E-state index is 4.54. The number of aromatic nitrogens is 2. The Bertz CT molecular complexity index is 315. The summed E-state index contributed by atoms with van der Waals surface area (Å²) in [5, 5.41) is 4.54. The van der Waals surface area contributed by atoms with Crippen molar-refractivity contribution < 1.29 is 0 Å². The van der Waals surface area contributed by atoms with Crippen molar-refractivity contribution in [3.05, 3.63) is 17.0 Å². The smallest absolute Gasteiger partial charge is 0.0629 e. The molecule has 0 unspecified atom stereocenters. The van der Waals surface area contributed by atoms with Crippen LogP contribution in [-0.4, -0.2) is 28.3 Å². The molecule has 0 fully saturated rings. The Kier molecular flexibility index (Phi) is 4.33. The molecule has 3 heteroatoms. The number of likely N-dealkylation sites (N-methyl/N-ethyl adjacent to an activating group) is 1. The molecule has 86 valence electrons. The molecule has 0 aromatic carbocycles. The first-order valence-corrected chi connectivity index (χ1v) is 5.96. The Morgan fingerprint density at radius 3 is 2.60 bits per heavy atom. The first-order chi connectivity index (χ1) is 7.22. The van der Waals surface area contributed by atoms with E-state index in [1.165, 1.54) is 23.5 Å². The Labute approximate surface area is 93.1 Å². The van der Waals surface area contributed by atoms with Crippen LogP contribution >= 0.6 is 0 Å².